The Labute approximate surface area is 112 Å². The van der Waals surface area contributed by atoms with Crippen LogP contribution in [0.15, 0.2) is 54.7 Å². The van der Waals surface area contributed by atoms with Crippen molar-refractivity contribution in [2.45, 2.75) is 12.5 Å². The number of para-hydroxylation sites is 1. The standard InChI is InChI=1S/C16H16N2O/c1-16(19,14-9-5-6-10-17-14)15-11-12-7-3-4-8-13(12)18(15)2/h3-11,19H,1-2H3. The van der Waals surface area contributed by atoms with Gasteiger partial charge in [0.05, 0.1) is 11.4 Å². The highest BCUT2D eigenvalue weighted by Crippen LogP contribution is 2.31. The first-order chi connectivity index (χ1) is 9.10. The SMILES string of the molecule is Cn1c(C(C)(O)c2ccccn2)cc2ccccc21. The van der Waals surface area contributed by atoms with E-state index in [-0.39, 0.29) is 0 Å². The van der Waals surface area contributed by atoms with Gasteiger partial charge in [0, 0.05) is 18.8 Å². The third-order valence-corrected chi connectivity index (χ3v) is 3.61. The second-order valence-corrected chi connectivity index (χ2v) is 4.93. The van der Waals surface area contributed by atoms with Gasteiger partial charge in [-0.2, -0.15) is 0 Å². The summed E-state index contributed by atoms with van der Waals surface area (Å²) < 4.78 is 2.02. The second-order valence-electron chi connectivity index (χ2n) is 4.93. The molecule has 2 aromatic heterocycles. The lowest BCUT2D eigenvalue weighted by Crippen LogP contribution is -2.26. The highest BCUT2D eigenvalue weighted by molar-refractivity contribution is 5.81. The first-order valence-electron chi connectivity index (χ1n) is 6.29. The zero-order valence-electron chi connectivity index (χ0n) is 11.0. The molecule has 0 fully saturated rings. The average molecular weight is 252 g/mol. The van der Waals surface area contributed by atoms with Crippen LogP contribution in [-0.4, -0.2) is 14.7 Å². The monoisotopic (exact) mass is 252 g/mol. The number of aromatic nitrogens is 2. The molecule has 3 rings (SSSR count). The number of hydrogen-bond acceptors (Lipinski definition) is 2. The van der Waals surface area contributed by atoms with Gasteiger partial charge in [0.15, 0.2) is 0 Å². The average Bonchev–Trinajstić information content (AvgIpc) is 2.78. The van der Waals surface area contributed by atoms with Crippen LogP contribution in [0, 0.1) is 0 Å². The molecule has 2 heterocycles. The van der Waals surface area contributed by atoms with Crippen LogP contribution in [0.3, 0.4) is 0 Å². The summed E-state index contributed by atoms with van der Waals surface area (Å²) in [5.74, 6) is 0. The molecule has 3 nitrogen and oxygen atoms in total. The molecule has 0 spiro atoms. The molecule has 96 valence electrons. The minimum absolute atomic E-state index is 0.654. The van der Waals surface area contributed by atoms with Gasteiger partial charge >= 0.3 is 0 Å². The molecule has 0 aliphatic rings. The number of hydrogen-bond donors (Lipinski definition) is 1. The van der Waals surface area contributed by atoms with E-state index in [1.165, 1.54) is 0 Å². The van der Waals surface area contributed by atoms with Crippen LogP contribution in [0.4, 0.5) is 0 Å². The van der Waals surface area contributed by atoms with Crippen molar-refractivity contribution in [3.05, 3.63) is 66.1 Å². The summed E-state index contributed by atoms with van der Waals surface area (Å²) in [6.07, 6.45) is 1.70. The maximum atomic E-state index is 10.9. The predicted molar refractivity (Wildman–Crippen MR) is 75.8 cm³/mol. The van der Waals surface area contributed by atoms with Crippen LogP contribution in [-0.2, 0) is 12.6 Å². The molecule has 0 aliphatic heterocycles. The summed E-state index contributed by atoms with van der Waals surface area (Å²) >= 11 is 0. The first kappa shape index (κ1) is 11.9. The van der Waals surface area contributed by atoms with Crippen molar-refractivity contribution in [1.29, 1.82) is 0 Å². The van der Waals surface area contributed by atoms with Gasteiger partial charge in [-0.1, -0.05) is 24.3 Å². The van der Waals surface area contributed by atoms with Crippen molar-refractivity contribution in [1.82, 2.24) is 9.55 Å². The topological polar surface area (TPSA) is 38.0 Å². The molecule has 0 saturated heterocycles. The Balaban J connectivity index is 2.21. The Bertz CT molecular complexity index is 714. The Kier molecular flexibility index (Phi) is 2.64. The molecule has 1 unspecified atom stereocenters. The molecule has 3 heteroatoms. The molecule has 3 aromatic rings. The van der Waals surface area contributed by atoms with Crippen LogP contribution in [0.1, 0.15) is 18.3 Å². The van der Waals surface area contributed by atoms with Crippen LogP contribution in [0.5, 0.6) is 0 Å². The number of benzene rings is 1. The molecule has 1 aromatic carbocycles. The minimum Gasteiger partial charge on any atom is -0.378 e. The Hall–Kier alpha value is -2.13. The normalized spacial score (nSPS) is 14.5. The van der Waals surface area contributed by atoms with Crippen LogP contribution >= 0.6 is 0 Å². The van der Waals surface area contributed by atoms with Gasteiger partial charge in [0.2, 0.25) is 0 Å². The fraction of sp³-hybridized carbons (Fsp3) is 0.188. The van der Waals surface area contributed by atoms with Crippen LogP contribution < -0.4 is 0 Å². The van der Waals surface area contributed by atoms with Gasteiger partial charge in [0.1, 0.15) is 5.60 Å². The van der Waals surface area contributed by atoms with Gasteiger partial charge in [-0.25, -0.2) is 0 Å². The summed E-state index contributed by atoms with van der Waals surface area (Å²) in [6, 6.07) is 15.7. The van der Waals surface area contributed by atoms with E-state index in [0.29, 0.717) is 5.69 Å². The van der Waals surface area contributed by atoms with E-state index in [4.69, 9.17) is 0 Å². The van der Waals surface area contributed by atoms with Gasteiger partial charge in [-0.15, -0.1) is 0 Å². The predicted octanol–water partition coefficient (Wildman–Crippen LogP) is 2.83. The molecule has 0 radical (unpaired) electrons. The smallest absolute Gasteiger partial charge is 0.143 e. The maximum Gasteiger partial charge on any atom is 0.143 e. The van der Waals surface area contributed by atoms with E-state index < -0.39 is 5.60 Å². The van der Waals surface area contributed by atoms with E-state index >= 15 is 0 Å². The van der Waals surface area contributed by atoms with E-state index in [0.717, 1.165) is 16.6 Å². The molecule has 0 saturated carbocycles. The fourth-order valence-corrected chi connectivity index (χ4v) is 2.54. The number of nitrogens with zero attached hydrogens (tertiary/aromatic N) is 2. The molecule has 19 heavy (non-hydrogen) atoms. The largest absolute Gasteiger partial charge is 0.378 e. The number of aryl methyl sites for hydroxylation is 1. The maximum absolute atomic E-state index is 10.9. The van der Waals surface area contributed by atoms with Crippen molar-refractivity contribution >= 4 is 10.9 Å². The zero-order chi connectivity index (χ0) is 13.5. The van der Waals surface area contributed by atoms with Crippen molar-refractivity contribution in [2.75, 3.05) is 0 Å². The van der Waals surface area contributed by atoms with E-state index in [1.54, 1.807) is 13.1 Å². The van der Waals surface area contributed by atoms with Gasteiger partial charge in [0.25, 0.3) is 0 Å². The van der Waals surface area contributed by atoms with E-state index in [1.807, 2.05) is 60.1 Å². The number of aliphatic hydroxyl groups is 1. The number of rotatable bonds is 2. The van der Waals surface area contributed by atoms with Gasteiger partial charge in [-0.05, 0) is 36.6 Å². The lowest BCUT2D eigenvalue weighted by molar-refractivity contribution is 0.0899. The summed E-state index contributed by atoms with van der Waals surface area (Å²) in [5, 5.41) is 12.0. The quantitative estimate of drug-likeness (QED) is 0.761. The van der Waals surface area contributed by atoms with Crippen molar-refractivity contribution in [3.8, 4) is 0 Å². The summed E-state index contributed by atoms with van der Waals surface area (Å²) in [6.45, 7) is 1.78. The lowest BCUT2D eigenvalue weighted by Gasteiger charge is -2.23. The van der Waals surface area contributed by atoms with Crippen molar-refractivity contribution < 1.29 is 5.11 Å². The summed E-state index contributed by atoms with van der Waals surface area (Å²) in [5.41, 5.74) is 1.50. The van der Waals surface area contributed by atoms with Crippen molar-refractivity contribution in [2.24, 2.45) is 7.05 Å². The molecular weight excluding hydrogens is 236 g/mol. The highest BCUT2D eigenvalue weighted by atomic mass is 16.3. The summed E-state index contributed by atoms with van der Waals surface area (Å²) in [7, 11) is 1.97. The first-order valence-corrected chi connectivity index (χ1v) is 6.29. The number of pyridine rings is 1. The Morgan fingerprint density at radius 1 is 1.11 bits per heavy atom. The molecule has 1 N–H and O–H groups in total. The second kappa shape index (κ2) is 4.21. The molecular formula is C16H16N2O. The molecule has 1 atom stereocenters. The van der Waals surface area contributed by atoms with E-state index in [2.05, 4.69) is 4.98 Å². The highest BCUT2D eigenvalue weighted by Gasteiger charge is 2.30. The lowest BCUT2D eigenvalue weighted by atomic mass is 9.97. The fourth-order valence-electron chi connectivity index (χ4n) is 2.54. The minimum atomic E-state index is -1.10. The van der Waals surface area contributed by atoms with Crippen LogP contribution in [0.2, 0.25) is 0 Å². The Morgan fingerprint density at radius 3 is 2.53 bits per heavy atom. The molecule has 0 bridgehead atoms. The van der Waals surface area contributed by atoms with Crippen molar-refractivity contribution in [3.63, 3.8) is 0 Å². The van der Waals surface area contributed by atoms with Gasteiger partial charge < -0.3 is 9.67 Å². The number of fused-ring (bicyclic) bond motifs is 1. The molecule has 0 amide bonds. The van der Waals surface area contributed by atoms with Crippen LogP contribution in [0.25, 0.3) is 10.9 Å². The Morgan fingerprint density at radius 2 is 1.84 bits per heavy atom. The molecule has 0 aliphatic carbocycles. The third kappa shape index (κ3) is 1.83. The zero-order valence-corrected chi connectivity index (χ0v) is 11.0. The van der Waals surface area contributed by atoms with E-state index in [9.17, 15) is 5.11 Å². The van der Waals surface area contributed by atoms with Gasteiger partial charge in [-0.3, -0.25) is 4.98 Å². The summed E-state index contributed by atoms with van der Waals surface area (Å²) in [4.78, 5) is 4.27. The third-order valence-electron chi connectivity index (χ3n) is 3.61.